The summed E-state index contributed by atoms with van der Waals surface area (Å²) in [4.78, 5) is 0. The summed E-state index contributed by atoms with van der Waals surface area (Å²) >= 11 is 1.92. The molecule has 0 aliphatic heterocycles. The third-order valence-electron chi connectivity index (χ3n) is 12.6. The second-order valence-electron chi connectivity index (χ2n) is 16.0. The molecule has 1 aliphatic carbocycles. The molecule has 0 spiro atoms. The molecular weight excluding hydrogens is 693 g/mol. The molecule has 56 heavy (non-hydrogen) atoms. The Morgan fingerprint density at radius 3 is 1.66 bits per heavy atom. The molecule has 1 aromatic heterocycles. The van der Waals surface area contributed by atoms with Crippen LogP contribution < -0.4 is 0 Å². The van der Waals surface area contributed by atoms with Crippen LogP contribution in [0.1, 0.15) is 25.0 Å². The first-order valence-corrected chi connectivity index (χ1v) is 20.4. The van der Waals surface area contributed by atoms with Crippen molar-refractivity contribution in [1.29, 1.82) is 0 Å². The van der Waals surface area contributed by atoms with Gasteiger partial charge in [0.1, 0.15) is 0 Å². The number of benzene rings is 10. The Morgan fingerprint density at radius 1 is 0.339 bits per heavy atom. The van der Waals surface area contributed by atoms with Crippen LogP contribution >= 0.6 is 11.3 Å². The Bertz CT molecular complexity index is 3390. The van der Waals surface area contributed by atoms with E-state index in [0.29, 0.717) is 0 Å². The average Bonchev–Trinajstić information content (AvgIpc) is 3.73. The van der Waals surface area contributed by atoms with Crippen molar-refractivity contribution >= 4 is 74.6 Å². The van der Waals surface area contributed by atoms with Gasteiger partial charge < -0.3 is 0 Å². The van der Waals surface area contributed by atoms with Crippen molar-refractivity contribution in [1.82, 2.24) is 0 Å². The first kappa shape index (κ1) is 31.8. The third kappa shape index (κ3) is 4.53. The van der Waals surface area contributed by atoms with Gasteiger partial charge in [0.15, 0.2) is 0 Å². The van der Waals surface area contributed by atoms with Gasteiger partial charge in [0.2, 0.25) is 0 Å². The van der Waals surface area contributed by atoms with E-state index >= 15 is 0 Å². The molecule has 0 unspecified atom stereocenters. The highest BCUT2D eigenvalue weighted by Gasteiger charge is 2.36. The van der Waals surface area contributed by atoms with Crippen molar-refractivity contribution in [3.8, 4) is 44.5 Å². The van der Waals surface area contributed by atoms with Gasteiger partial charge in [0.05, 0.1) is 0 Å². The van der Waals surface area contributed by atoms with Crippen LogP contribution in [0.3, 0.4) is 0 Å². The molecule has 12 rings (SSSR count). The molecule has 0 atom stereocenters. The highest BCUT2D eigenvalue weighted by atomic mass is 32.1. The van der Waals surface area contributed by atoms with E-state index in [4.69, 9.17) is 0 Å². The Balaban J connectivity index is 1.03. The zero-order chi connectivity index (χ0) is 37.1. The number of fused-ring (bicyclic) bond motifs is 11. The molecule has 1 heterocycles. The summed E-state index contributed by atoms with van der Waals surface area (Å²) in [7, 11) is 0. The van der Waals surface area contributed by atoms with Crippen LogP contribution in [-0.4, -0.2) is 0 Å². The lowest BCUT2D eigenvalue weighted by Gasteiger charge is -2.22. The predicted octanol–water partition coefficient (Wildman–Crippen LogP) is 16.0. The molecule has 0 nitrogen and oxygen atoms in total. The zero-order valence-electron chi connectivity index (χ0n) is 31.2. The van der Waals surface area contributed by atoms with Crippen LogP contribution in [-0.2, 0) is 5.41 Å². The number of thiophene rings is 1. The van der Waals surface area contributed by atoms with Gasteiger partial charge in [-0.15, -0.1) is 11.3 Å². The van der Waals surface area contributed by atoms with E-state index < -0.39 is 0 Å². The maximum absolute atomic E-state index is 2.49. The van der Waals surface area contributed by atoms with Crippen molar-refractivity contribution in [3.63, 3.8) is 0 Å². The predicted molar refractivity (Wildman–Crippen MR) is 243 cm³/mol. The fraction of sp³-hybridized carbons (Fsp3) is 0.0545. The molecule has 0 fully saturated rings. The fourth-order valence-electron chi connectivity index (χ4n) is 9.88. The van der Waals surface area contributed by atoms with Gasteiger partial charge in [-0.1, -0.05) is 159 Å². The van der Waals surface area contributed by atoms with E-state index in [-0.39, 0.29) is 5.41 Å². The van der Waals surface area contributed by atoms with Crippen LogP contribution in [0, 0.1) is 0 Å². The molecule has 0 amide bonds. The molecular formula is C55H36S. The van der Waals surface area contributed by atoms with Crippen LogP contribution in [0.5, 0.6) is 0 Å². The Morgan fingerprint density at radius 2 is 0.911 bits per heavy atom. The minimum atomic E-state index is -0.0844. The van der Waals surface area contributed by atoms with Gasteiger partial charge in [-0.25, -0.2) is 0 Å². The summed E-state index contributed by atoms with van der Waals surface area (Å²) in [6.45, 7) is 4.78. The van der Waals surface area contributed by atoms with Crippen molar-refractivity contribution in [2.45, 2.75) is 19.3 Å². The summed E-state index contributed by atoms with van der Waals surface area (Å²) in [6.07, 6.45) is 0. The minimum absolute atomic E-state index is 0.0844. The normalized spacial score (nSPS) is 13.3. The number of hydrogen-bond acceptors (Lipinski definition) is 1. The molecule has 0 saturated carbocycles. The van der Waals surface area contributed by atoms with Crippen LogP contribution in [0.4, 0.5) is 0 Å². The van der Waals surface area contributed by atoms with Crippen molar-refractivity contribution in [2.24, 2.45) is 0 Å². The van der Waals surface area contributed by atoms with Gasteiger partial charge in [-0.05, 0) is 130 Å². The minimum Gasteiger partial charge on any atom is -0.135 e. The van der Waals surface area contributed by atoms with E-state index in [2.05, 4.69) is 196 Å². The Kier molecular flexibility index (Phi) is 6.66. The SMILES string of the molecule is CC1(C)c2ccc(-c3cccc(-c4c5ccccc5c(-c5ccc6ccccc6c5)c5ccccc45)c3)cc2-c2cc3c(ccc4c5ccccc5sc34)cc21. The standard InChI is InChI=1S/C55H36S/c1-55(2)49-27-25-36(30-47(49)48-32-46-37(31-50(48)55)24-26-45-40-16-9-10-21-51(40)56-54(45)46)35-14-11-15-38(29-35)52-41-17-5-7-19-43(41)53(44-20-8-6-18-42(44)52)39-23-22-33-12-3-4-13-34(33)28-39/h3-32H,1-2H3. The first-order chi connectivity index (χ1) is 27.5. The van der Waals surface area contributed by atoms with Crippen LogP contribution in [0.2, 0.25) is 0 Å². The lowest BCUT2D eigenvalue weighted by Crippen LogP contribution is -2.14. The van der Waals surface area contributed by atoms with E-state index in [1.165, 1.54) is 119 Å². The van der Waals surface area contributed by atoms with Gasteiger partial charge in [0.25, 0.3) is 0 Å². The summed E-state index contributed by atoms with van der Waals surface area (Å²) in [5, 5.41) is 13.0. The van der Waals surface area contributed by atoms with E-state index in [0.717, 1.165) is 0 Å². The van der Waals surface area contributed by atoms with Crippen LogP contribution in [0.15, 0.2) is 182 Å². The van der Waals surface area contributed by atoms with Crippen molar-refractivity contribution in [2.75, 3.05) is 0 Å². The first-order valence-electron chi connectivity index (χ1n) is 19.6. The number of hydrogen-bond donors (Lipinski definition) is 0. The molecule has 11 aromatic rings. The largest absolute Gasteiger partial charge is 0.135 e. The molecule has 10 aromatic carbocycles. The van der Waals surface area contributed by atoms with Gasteiger partial charge in [0, 0.05) is 31.0 Å². The second kappa shape index (κ2) is 11.7. The van der Waals surface area contributed by atoms with Crippen LogP contribution in [0.25, 0.3) is 108 Å². The zero-order valence-corrected chi connectivity index (χ0v) is 32.0. The average molecular weight is 729 g/mol. The monoisotopic (exact) mass is 728 g/mol. The summed E-state index contributed by atoms with van der Waals surface area (Å²) in [6, 6.07) is 68.3. The Hall–Kier alpha value is -6.54. The topological polar surface area (TPSA) is 0 Å². The van der Waals surface area contributed by atoms with Gasteiger partial charge >= 0.3 is 0 Å². The molecule has 0 saturated heterocycles. The molecule has 262 valence electrons. The van der Waals surface area contributed by atoms with E-state index in [9.17, 15) is 0 Å². The summed E-state index contributed by atoms with van der Waals surface area (Å²) in [5.74, 6) is 0. The molecule has 0 N–H and O–H groups in total. The molecule has 0 bridgehead atoms. The molecule has 0 radical (unpaired) electrons. The second-order valence-corrected chi connectivity index (χ2v) is 17.1. The highest BCUT2D eigenvalue weighted by molar-refractivity contribution is 7.26. The fourth-order valence-corrected chi connectivity index (χ4v) is 11.1. The maximum atomic E-state index is 2.49. The van der Waals surface area contributed by atoms with E-state index in [1.54, 1.807) is 0 Å². The van der Waals surface area contributed by atoms with Gasteiger partial charge in [-0.2, -0.15) is 0 Å². The third-order valence-corrected chi connectivity index (χ3v) is 13.8. The maximum Gasteiger partial charge on any atom is 0.0434 e. The molecule has 1 aliphatic rings. The van der Waals surface area contributed by atoms with Gasteiger partial charge in [-0.3, -0.25) is 0 Å². The lowest BCUT2D eigenvalue weighted by atomic mass is 9.81. The van der Waals surface area contributed by atoms with E-state index in [1.807, 2.05) is 11.3 Å². The van der Waals surface area contributed by atoms with Crippen molar-refractivity contribution in [3.05, 3.63) is 193 Å². The van der Waals surface area contributed by atoms with Crippen molar-refractivity contribution < 1.29 is 0 Å². The lowest BCUT2D eigenvalue weighted by molar-refractivity contribution is 0.661. The summed E-state index contributed by atoms with van der Waals surface area (Å²) < 4.78 is 2.73. The molecule has 1 heteroatoms. The smallest absolute Gasteiger partial charge is 0.0434 e. The quantitative estimate of drug-likeness (QED) is 0.159. The highest BCUT2D eigenvalue weighted by Crippen LogP contribution is 2.52. The summed E-state index contributed by atoms with van der Waals surface area (Å²) in [5.41, 5.74) is 13.0. The Labute approximate surface area is 329 Å². The number of rotatable bonds is 3.